The van der Waals surface area contributed by atoms with Crippen LogP contribution in [0.3, 0.4) is 0 Å². The van der Waals surface area contributed by atoms with Crippen LogP contribution in [0.15, 0.2) is 0 Å². The topological polar surface area (TPSA) is 93.1 Å². The number of hydrogen-bond acceptors (Lipinski definition) is 6. The first-order valence-corrected chi connectivity index (χ1v) is 10.9. The summed E-state index contributed by atoms with van der Waals surface area (Å²) < 4.78 is 12.6. The molecule has 1 saturated heterocycles. The van der Waals surface area contributed by atoms with Crippen LogP contribution in [0.2, 0.25) is 0 Å². The molecule has 1 heterocycles. The molecule has 5 rings (SSSR count). The molecule has 0 aromatic carbocycles. The second-order valence-corrected chi connectivity index (χ2v) is 10.3. The number of aliphatic hydroxyl groups excluding tert-OH is 1. The van der Waals surface area contributed by atoms with E-state index in [-0.39, 0.29) is 41.2 Å². The highest BCUT2D eigenvalue weighted by molar-refractivity contribution is 5.83. The molecule has 0 radical (unpaired) electrons. The van der Waals surface area contributed by atoms with Crippen LogP contribution in [0.5, 0.6) is 0 Å². The maximum absolute atomic E-state index is 12.5. The van der Waals surface area contributed by atoms with Crippen LogP contribution in [-0.2, 0) is 19.1 Å². The number of aliphatic hydroxyl groups is 2. The first kappa shape index (κ1) is 19.2. The minimum absolute atomic E-state index is 0.0496. The molecule has 1 spiro atoms. The predicted molar refractivity (Wildman–Crippen MR) is 99.2 cm³/mol. The van der Waals surface area contributed by atoms with Crippen molar-refractivity contribution in [3.8, 4) is 0 Å². The molecule has 2 N–H and O–H groups in total. The lowest BCUT2D eigenvalue weighted by molar-refractivity contribution is -0.225. The van der Waals surface area contributed by atoms with Gasteiger partial charge in [-0.25, -0.2) is 0 Å². The molecular formula is C22H32O6. The lowest BCUT2D eigenvalue weighted by Gasteiger charge is -2.62. The Hall–Kier alpha value is -0.820. The van der Waals surface area contributed by atoms with Gasteiger partial charge in [0.15, 0.2) is 12.1 Å². The van der Waals surface area contributed by atoms with Crippen LogP contribution >= 0.6 is 0 Å². The predicted octanol–water partition coefficient (Wildman–Crippen LogP) is 2.00. The van der Waals surface area contributed by atoms with Crippen molar-refractivity contribution in [1.82, 2.24) is 0 Å². The number of carbonyl (C=O) groups excluding carboxylic acids is 2. The van der Waals surface area contributed by atoms with Gasteiger partial charge in [0.25, 0.3) is 0 Å². The molecule has 5 fully saturated rings. The van der Waals surface area contributed by atoms with E-state index in [0.717, 1.165) is 25.7 Å². The maximum Gasteiger partial charge on any atom is 0.166 e. The summed E-state index contributed by atoms with van der Waals surface area (Å²) in [6.45, 7) is 1.81. The van der Waals surface area contributed by atoms with E-state index in [2.05, 4.69) is 6.92 Å². The van der Waals surface area contributed by atoms with Gasteiger partial charge in [-0.2, -0.15) is 0 Å². The molecule has 156 valence electrons. The normalized spacial score (nSPS) is 54.8. The number of rotatable bonds is 3. The van der Waals surface area contributed by atoms with Gasteiger partial charge in [0.05, 0.1) is 16.6 Å². The second kappa shape index (κ2) is 5.87. The number of ether oxygens (including phenoxy) is 2. The van der Waals surface area contributed by atoms with Gasteiger partial charge in [-0.05, 0) is 56.3 Å². The zero-order chi connectivity index (χ0) is 19.9. The molecule has 1 aliphatic heterocycles. The van der Waals surface area contributed by atoms with Crippen molar-refractivity contribution < 1.29 is 29.3 Å². The smallest absolute Gasteiger partial charge is 0.166 e. The first-order chi connectivity index (χ1) is 13.3. The Labute approximate surface area is 166 Å². The standard InChI is InChI=1S/C22H32O6/c1-19-7-6-17-21-8-5-13(24)11-20(21,26)9-10-22(17,28-18(21)27-2)16(19)4-3-14(19)15(25)12-23/h14,16-18,23,26H,3-12H2,1-2H3/t14-,16-,17-,18+,19-,20-,21-,22-/m1/s1. The molecule has 0 aromatic rings. The Bertz CT molecular complexity index is 722. The number of carbonyl (C=O) groups is 2. The Kier molecular flexibility index (Phi) is 4.02. The summed E-state index contributed by atoms with van der Waals surface area (Å²) in [5, 5.41) is 21.2. The molecule has 4 aliphatic carbocycles. The monoisotopic (exact) mass is 392 g/mol. The summed E-state index contributed by atoms with van der Waals surface area (Å²) in [4.78, 5) is 24.7. The highest BCUT2D eigenvalue weighted by Crippen LogP contribution is 2.75. The highest BCUT2D eigenvalue weighted by Gasteiger charge is 2.79. The summed E-state index contributed by atoms with van der Waals surface area (Å²) in [7, 11) is 1.64. The van der Waals surface area contributed by atoms with Gasteiger partial charge in [0.1, 0.15) is 12.4 Å². The van der Waals surface area contributed by atoms with Crippen molar-refractivity contribution >= 4 is 11.6 Å². The molecule has 6 heteroatoms. The van der Waals surface area contributed by atoms with E-state index in [1.54, 1.807) is 7.11 Å². The number of methoxy groups -OCH3 is 1. The van der Waals surface area contributed by atoms with Crippen LogP contribution in [0.25, 0.3) is 0 Å². The largest absolute Gasteiger partial charge is 0.389 e. The van der Waals surface area contributed by atoms with E-state index >= 15 is 0 Å². The molecule has 0 unspecified atom stereocenters. The van der Waals surface area contributed by atoms with E-state index in [4.69, 9.17) is 9.47 Å². The average molecular weight is 392 g/mol. The van der Waals surface area contributed by atoms with Crippen molar-refractivity contribution in [2.24, 2.45) is 28.6 Å². The van der Waals surface area contributed by atoms with Gasteiger partial charge in [0, 0.05) is 31.8 Å². The van der Waals surface area contributed by atoms with Gasteiger partial charge < -0.3 is 19.7 Å². The molecule has 5 aliphatic rings. The fourth-order valence-electron chi connectivity index (χ4n) is 8.68. The van der Waals surface area contributed by atoms with Crippen molar-refractivity contribution in [3.63, 3.8) is 0 Å². The molecule has 8 atom stereocenters. The van der Waals surface area contributed by atoms with Crippen molar-refractivity contribution in [2.75, 3.05) is 13.7 Å². The number of fused-ring (bicyclic) bond motifs is 1. The molecule has 0 aromatic heterocycles. The fourth-order valence-corrected chi connectivity index (χ4v) is 8.68. The molecule has 0 amide bonds. The van der Waals surface area contributed by atoms with E-state index in [1.165, 1.54) is 0 Å². The quantitative estimate of drug-likeness (QED) is 0.763. The summed E-state index contributed by atoms with van der Waals surface area (Å²) in [6, 6.07) is 0. The molecule has 28 heavy (non-hydrogen) atoms. The lowest BCUT2D eigenvalue weighted by atomic mass is 9.42. The molecule has 4 saturated carbocycles. The van der Waals surface area contributed by atoms with E-state index < -0.39 is 29.5 Å². The van der Waals surface area contributed by atoms with Gasteiger partial charge in [-0.15, -0.1) is 0 Å². The summed E-state index contributed by atoms with van der Waals surface area (Å²) >= 11 is 0. The Morgan fingerprint density at radius 2 is 1.96 bits per heavy atom. The van der Waals surface area contributed by atoms with Crippen molar-refractivity contribution in [1.29, 1.82) is 0 Å². The van der Waals surface area contributed by atoms with E-state index in [0.29, 0.717) is 25.7 Å². The summed E-state index contributed by atoms with van der Waals surface area (Å²) in [5.74, 6) is 0.341. The second-order valence-electron chi connectivity index (χ2n) is 10.3. The lowest BCUT2D eigenvalue weighted by Crippen LogP contribution is -2.67. The first-order valence-electron chi connectivity index (χ1n) is 10.9. The van der Waals surface area contributed by atoms with Crippen molar-refractivity contribution in [2.45, 2.75) is 82.2 Å². The van der Waals surface area contributed by atoms with Gasteiger partial charge in [-0.3, -0.25) is 9.59 Å². The van der Waals surface area contributed by atoms with Crippen LogP contribution in [0, 0.1) is 28.6 Å². The maximum atomic E-state index is 12.5. The zero-order valence-corrected chi connectivity index (χ0v) is 16.9. The molecule has 2 bridgehead atoms. The van der Waals surface area contributed by atoms with Gasteiger partial charge >= 0.3 is 0 Å². The summed E-state index contributed by atoms with van der Waals surface area (Å²) in [6.07, 6.45) is 5.54. The highest BCUT2D eigenvalue weighted by atomic mass is 16.7. The number of Topliss-reactive ketones (excluding diaryl/α,β-unsaturated/α-hetero) is 2. The van der Waals surface area contributed by atoms with Gasteiger partial charge in [0.2, 0.25) is 0 Å². The Morgan fingerprint density at radius 1 is 1.18 bits per heavy atom. The van der Waals surface area contributed by atoms with Crippen molar-refractivity contribution in [3.05, 3.63) is 0 Å². The fraction of sp³-hybridized carbons (Fsp3) is 0.909. The Balaban J connectivity index is 1.60. The Morgan fingerprint density at radius 3 is 2.68 bits per heavy atom. The minimum atomic E-state index is -1.06. The average Bonchev–Trinajstić information content (AvgIpc) is 3.13. The zero-order valence-electron chi connectivity index (χ0n) is 16.9. The minimum Gasteiger partial charge on any atom is -0.389 e. The van der Waals surface area contributed by atoms with Crippen LogP contribution in [0.4, 0.5) is 0 Å². The van der Waals surface area contributed by atoms with Crippen LogP contribution in [0.1, 0.15) is 64.7 Å². The molecular weight excluding hydrogens is 360 g/mol. The molecule has 6 nitrogen and oxygen atoms in total. The SMILES string of the molecule is CO[C@H]1O[C@@]23CC[C@@]4(O)CC(=O)CC[C@@]14[C@H]2CC[C@]1(C)[C@@H](C(=O)CO)CC[C@H]13. The third-order valence-electron chi connectivity index (χ3n) is 9.72. The summed E-state index contributed by atoms with van der Waals surface area (Å²) in [5.41, 5.74) is -2.17. The van der Waals surface area contributed by atoms with Crippen LogP contribution < -0.4 is 0 Å². The third-order valence-corrected chi connectivity index (χ3v) is 9.72. The third kappa shape index (κ3) is 1.98. The number of hydrogen-bond donors (Lipinski definition) is 2. The van der Waals surface area contributed by atoms with Gasteiger partial charge in [-0.1, -0.05) is 6.92 Å². The van der Waals surface area contributed by atoms with E-state index in [1.807, 2.05) is 0 Å². The van der Waals surface area contributed by atoms with Crippen LogP contribution in [-0.4, -0.2) is 53.0 Å². The number of ketones is 2. The van der Waals surface area contributed by atoms with E-state index in [9.17, 15) is 19.8 Å².